The number of nitrogens with zero attached hydrogens (tertiary/aromatic N) is 1. The summed E-state index contributed by atoms with van der Waals surface area (Å²) >= 11 is 0. The molecule has 5 heteroatoms. The maximum absolute atomic E-state index is 13.2. The Balaban J connectivity index is 2.18. The molecule has 1 amide bonds. The van der Waals surface area contributed by atoms with Gasteiger partial charge in [0.2, 0.25) is 5.91 Å². The third-order valence-corrected chi connectivity index (χ3v) is 5.24. The molecule has 0 saturated carbocycles. The number of amides is 1. The lowest BCUT2D eigenvalue weighted by Gasteiger charge is -2.44. The number of rotatable bonds is 7. The molecule has 0 aromatic heterocycles. The van der Waals surface area contributed by atoms with Crippen molar-refractivity contribution in [3.05, 3.63) is 0 Å². The summed E-state index contributed by atoms with van der Waals surface area (Å²) < 4.78 is 11.5. The maximum Gasteiger partial charge on any atom is 0.307 e. The normalized spacial score (nSPS) is 28.8. The molecule has 0 aromatic rings. The van der Waals surface area contributed by atoms with Crippen LogP contribution in [0.4, 0.5) is 0 Å². The molecule has 2 rings (SSSR count). The molecular weight excluding hydrogens is 306 g/mol. The van der Waals surface area contributed by atoms with Crippen LogP contribution in [0, 0.1) is 5.92 Å². The van der Waals surface area contributed by atoms with E-state index in [4.69, 9.17) is 9.47 Å². The summed E-state index contributed by atoms with van der Waals surface area (Å²) in [7, 11) is 0. The average molecular weight is 339 g/mol. The summed E-state index contributed by atoms with van der Waals surface area (Å²) in [6, 6.07) is 0. The van der Waals surface area contributed by atoms with E-state index in [1.165, 1.54) is 0 Å². The number of hydrogen-bond donors (Lipinski definition) is 0. The third-order valence-electron chi connectivity index (χ3n) is 5.24. The monoisotopic (exact) mass is 339 g/mol. The van der Waals surface area contributed by atoms with Crippen LogP contribution in [0.3, 0.4) is 0 Å². The van der Waals surface area contributed by atoms with Crippen molar-refractivity contribution in [2.24, 2.45) is 5.92 Å². The minimum absolute atomic E-state index is 0.0976. The Bertz CT molecular complexity index is 454. The topological polar surface area (TPSA) is 55.8 Å². The third kappa shape index (κ3) is 4.29. The van der Waals surface area contributed by atoms with Crippen LogP contribution in [-0.2, 0) is 19.1 Å². The first-order chi connectivity index (χ1) is 11.3. The van der Waals surface area contributed by atoms with Crippen LogP contribution in [0.25, 0.3) is 0 Å². The van der Waals surface area contributed by atoms with E-state index in [2.05, 4.69) is 13.8 Å². The number of hydrogen-bond acceptors (Lipinski definition) is 4. The van der Waals surface area contributed by atoms with Crippen molar-refractivity contribution in [3.63, 3.8) is 0 Å². The zero-order chi connectivity index (χ0) is 17.8. The zero-order valence-corrected chi connectivity index (χ0v) is 15.7. The Morgan fingerprint density at radius 1 is 1.21 bits per heavy atom. The lowest BCUT2D eigenvalue weighted by molar-refractivity contribution is -0.181. The van der Waals surface area contributed by atoms with Crippen LogP contribution in [0.1, 0.15) is 72.6 Å². The van der Waals surface area contributed by atoms with Crippen molar-refractivity contribution in [2.45, 2.75) is 83.8 Å². The Labute approximate surface area is 146 Å². The first kappa shape index (κ1) is 19.2. The SMILES string of the molecule is CCCCN(CCCC)C(=O)[C@@H]1CC(=O)O[C@@]12CCOC(C)(C)C2. The molecule has 2 saturated heterocycles. The first-order valence-electron chi connectivity index (χ1n) is 9.48. The summed E-state index contributed by atoms with van der Waals surface area (Å²) in [6.07, 6.45) is 5.54. The van der Waals surface area contributed by atoms with E-state index in [1.54, 1.807) is 0 Å². The van der Waals surface area contributed by atoms with Crippen molar-refractivity contribution in [3.8, 4) is 0 Å². The molecule has 0 aromatic carbocycles. The van der Waals surface area contributed by atoms with Crippen LogP contribution in [-0.4, -0.2) is 47.7 Å². The minimum atomic E-state index is -0.674. The zero-order valence-electron chi connectivity index (χ0n) is 15.7. The molecule has 2 fully saturated rings. The fraction of sp³-hybridized carbons (Fsp3) is 0.895. The van der Waals surface area contributed by atoms with Crippen LogP contribution in [0.15, 0.2) is 0 Å². The van der Waals surface area contributed by atoms with Gasteiger partial charge >= 0.3 is 5.97 Å². The Hall–Kier alpha value is -1.10. The van der Waals surface area contributed by atoms with Gasteiger partial charge in [0.15, 0.2) is 0 Å². The van der Waals surface area contributed by atoms with Gasteiger partial charge in [0.05, 0.1) is 24.5 Å². The highest BCUT2D eigenvalue weighted by atomic mass is 16.6. The summed E-state index contributed by atoms with van der Waals surface area (Å²) in [5, 5.41) is 0. The van der Waals surface area contributed by atoms with Gasteiger partial charge in [-0.15, -0.1) is 0 Å². The summed E-state index contributed by atoms with van der Waals surface area (Å²) in [5.74, 6) is -0.501. The number of ether oxygens (including phenoxy) is 2. The molecule has 0 aliphatic carbocycles. The predicted octanol–water partition coefficient (Wildman–Crippen LogP) is 3.31. The molecule has 24 heavy (non-hydrogen) atoms. The Kier molecular flexibility index (Phi) is 6.29. The van der Waals surface area contributed by atoms with Crippen LogP contribution >= 0.6 is 0 Å². The molecule has 2 atom stereocenters. The lowest BCUT2D eigenvalue weighted by atomic mass is 9.75. The Morgan fingerprint density at radius 3 is 2.38 bits per heavy atom. The second kappa shape index (κ2) is 7.85. The summed E-state index contributed by atoms with van der Waals surface area (Å²) in [4.78, 5) is 27.3. The fourth-order valence-corrected chi connectivity index (χ4v) is 4.00. The highest BCUT2D eigenvalue weighted by molar-refractivity contribution is 5.88. The smallest absolute Gasteiger partial charge is 0.307 e. The maximum atomic E-state index is 13.2. The van der Waals surface area contributed by atoms with Gasteiger partial charge in [-0.2, -0.15) is 0 Å². The van der Waals surface area contributed by atoms with E-state index in [9.17, 15) is 9.59 Å². The number of esters is 1. The van der Waals surface area contributed by atoms with Gasteiger partial charge in [0.1, 0.15) is 5.60 Å². The van der Waals surface area contributed by atoms with Gasteiger partial charge in [-0.3, -0.25) is 9.59 Å². The van der Waals surface area contributed by atoms with Gasteiger partial charge in [0, 0.05) is 25.9 Å². The molecular formula is C19H33NO4. The second-order valence-corrected chi connectivity index (χ2v) is 7.86. The molecule has 1 spiro atoms. The standard InChI is InChI=1S/C19H33NO4/c1-5-7-10-20(11-8-6-2)17(22)15-13-16(21)24-19(15)9-12-23-18(3,4)14-19/h15H,5-14H2,1-4H3/t15-,19+/m0/s1. The summed E-state index contributed by atoms with van der Waals surface area (Å²) in [5.41, 5.74) is -1.04. The first-order valence-corrected chi connectivity index (χ1v) is 9.48. The highest BCUT2D eigenvalue weighted by Crippen LogP contribution is 2.46. The average Bonchev–Trinajstić information content (AvgIpc) is 2.81. The number of carbonyl (C=O) groups excluding carboxylic acids is 2. The van der Waals surface area contributed by atoms with E-state index < -0.39 is 5.60 Å². The second-order valence-electron chi connectivity index (χ2n) is 7.86. The Morgan fingerprint density at radius 2 is 1.83 bits per heavy atom. The van der Waals surface area contributed by atoms with Gasteiger partial charge in [0.25, 0.3) is 0 Å². The van der Waals surface area contributed by atoms with E-state index >= 15 is 0 Å². The van der Waals surface area contributed by atoms with Crippen molar-refractivity contribution in [2.75, 3.05) is 19.7 Å². The fourth-order valence-electron chi connectivity index (χ4n) is 4.00. The molecule has 0 bridgehead atoms. The van der Waals surface area contributed by atoms with Gasteiger partial charge in [-0.05, 0) is 26.7 Å². The van der Waals surface area contributed by atoms with Crippen LogP contribution in [0.5, 0.6) is 0 Å². The largest absolute Gasteiger partial charge is 0.458 e. The molecule has 0 N–H and O–H groups in total. The van der Waals surface area contributed by atoms with Crippen molar-refractivity contribution < 1.29 is 19.1 Å². The lowest BCUT2D eigenvalue weighted by Crippen LogP contribution is -2.53. The quantitative estimate of drug-likeness (QED) is 0.668. The molecule has 0 unspecified atom stereocenters. The molecule has 2 aliphatic heterocycles. The highest BCUT2D eigenvalue weighted by Gasteiger charge is 2.57. The van der Waals surface area contributed by atoms with Crippen molar-refractivity contribution in [1.29, 1.82) is 0 Å². The van der Waals surface area contributed by atoms with E-state index in [0.717, 1.165) is 38.8 Å². The van der Waals surface area contributed by atoms with E-state index in [0.29, 0.717) is 19.4 Å². The molecule has 138 valence electrons. The number of carbonyl (C=O) groups is 2. The van der Waals surface area contributed by atoms with Crippen LogP contribution < -0.4 is 0 Å². The van der Waals surface area contributed by atoms with Crippen LogP contribution in [0.2, 0.25) is 0 Å². The van der Waals surface area contributed by atoms with Crippen molar-refractivity contribution in [1.82, 2.24) is 4.90 Å². The van der Waals surface area contributed by atoms with E-state index in [-0.39, 0.29) is 29.8 Å². The minimum Gasteiger partial charge on any atom is -0.458 e. The van der Waals surface area contributed by atoms with Crippen molar-refractivity contribution >= 4 is 11.9 Å². The summed E-state index contributed by atoms with van der Waals surface area (Å²) in [6.45, 7) is 10.4. The van der Waals surface area contributed by atoms with Gasteiger partial charge in [-0.1, -0.05) is 26.7 Å². The molecule has 2 heterocycles. The number of unbranched alkanes of at least 4 members (excludes halogenated alkanes) is 2. The molecule has 5 nitrogen and oxygen atoms in total. The molecule has 2 aliphatic rings. The van der Waals surface area contributed by atoms with E-state index in [1.807, 2.05) is 18.7 Å². The predicted molar refractivity (Wildman–Crippen MR) is 92.6 cm³/mol. The van der Waals surface area contributed by atoms with Gasteiger partial charge < -0.3 is 14.4 Å². The van der Waals surface area contributed by atoms with Gasteiger partial charge in [-0.25, -0.2) is 0 Å². The molecule has 0 radical (unpaired) electrons.